The van der Waals surface area contributed by atoms with Crippen LogP contribution in [0.25, 0.3) is 0 Å². The molecule has 1 N–H and O–H groups in total. The molecule has 0 fully saturated rings. The standard InChI is InChI=1S/C15H18BrNO2/c1-3-17-9-12-6-7-18-15(12)10-19-14-5-4-11(2)8-13(14)16/h4-8,17H,3,9-10H2,1-2H3. The van der Waals surface area contributed by atoms with Gasteiger partial charge in [-0.05, 0) is 53.2 Å². The number of halogens is 1. The summed E-state index contributed by atoms with van der Waals surface area (Å²) in [5, 5.41) is 3.28. The fourth-order valence-electron chi connectivity index (χ4n) is 1.78. The zero-order chi connectivity index (χ0) is 13.7. The van der Waals surface area contributed by atoms with Gasteiger partial charge in [0, 0.05) is 12.1 Å². The molecular formula is C15H18BrNO2. The molecular weight excluding hydrogens is 306 g/mol. The molecule has 0 radical (unpaired) electrons. The zero-order valence-corrected chi connectivity index (χ0v) is 12.8. The van der Waals surface area contributed by atoms with Gasteiger partial charge in [-0.1, -0.05) is 13.0 Å². The second-order valence-electron chi connectivity index (χ2n) is 4.37. The summed E-state index contributed by atoms with van der Waals surface area (Å²) in [5.41, 5.74) is 2.34. The lowest BCUT2D eigenvalue weighted by Crippen LogP contribution is -2.12. The largest absolute Gasteiger partial charge is 0.484 e. The molecule has 0 unspecified atom stereocenters. The third-order valence-corrected chi connectivity index (χ3v) is 3.47. The quantitative estimate of drug-likeness (QED) is 0.871. The Bertz CT molecular complexity index is 537. The SMILES string of the molecule is CCNCc1ccoc1COc1ccc(C)cc1Br. The summed E-state index contributed by atoms with van der Waals surface area (Å²) >= 11 is 3.50. The molecule has 1 heterocycles. The molecule has 19 heavy (non-hydrogen) atoms. The normalized spacial score (nSPS) is 10.7. The third kappa shape index (κ3) is 3.85. The third-order valence-electron chi connectivity index (χ3n) is 2.85. The predicted octanol–water partition coefficient (Wildman–Crippen LogP) is 4.04. The van der Waals surface area contributed by atoms with Crippen LogP contribution < -0.4 is 10.1 Å². The van der Waals surface area contributed by atoms with Gasteiger partial charge in [-0.2, -0.15) is 0 Å². The highest BCUT2D eigenvalue weighted by Gasteiger charge is 2.08. The number of hydrogen-bond donors (Lipinski definition) is 1. The second kappa shape index (κ2) is 6.78. The van der Waals surface area contributed by atoms with E-state index in [0.29, 0.717) is 6.61 Å². The Hall–Kier alpha value is -1.26. The average molecular weight is 324 g/mol. The molecule has 0 aliphatic rings. The summed E-state index contributed by atoms with van der Waals surface area (Å²) in [5.74, 6) is 1.70. The van der Waals surface area contributed by atoms with Crippen LogP contribution in [-0.2, 0) is 13.2 Å². The van der Waals surface area contributed by atoms with Gasteiger partial charge in [0.1, 0.15) is 18.1 Å². The van der Waals surface area contributed by atoms with Crippen LogP contribution in [0.3, 0.4) is 0 Å². The van der Waals surface area contributed by atoms with Gasteiger partial charge >= 0.3 is 0 Å². The molecule has 0 spiro atoms. The van der Waals surface area contributed by atoms with Crippen molar-refractivity contribution in [1.82, 2.24) is 5.32 Å². The van der Waals surface area contributed by atoms with Crippen molar-refractivity contribution >= 4 is 15.9 Å². The average Bonchev–Trinajstić information content (AvgIpc) is 2.83. The summed E-state index contributed by atoms with van der Waals surface area (Å²) in [7, 11) is 0. The Morgan fingerprint density at radius 3 is 2.89 bits per heavy atom. The van der Waals surface area contributed by atoms with E-state index in [1.165, 1.54) is 5.56 Å². The Kier molecular flexibility index (Phi) is 5.05. The van der Waals surface area contributed by atoms with Crippen molar-refractivity contribution in [3.63, 3.8) is 0 Å². The topological polar surface area (TPSA) is 34.4 Å². The van der Waals surface area contributed by atoms with Gasteiger partial charge < -0.3 is 14.5 Å². The van der Waals surface area contributed by atoms with Gasteiger partial charge in [0.05, 0.1) is 10.7 Å². The molecule has 0 saturated heterocycles. The van der Waals surface area contributed by atoms with E-state index in [1.807, 2.05) is 24.3 Å². The lowest BCUT2D eigenvalue weighted by molar-refractivity contribution is 0.266. The van der Waals surface area contributed by atoms with Gasteiger partial charge in [-0.25, -0.2) is 0 Å². The molecule has 4 heteroatoms. The van der Waals surface area contributed by atoms with E-state index in [-0.39, 0.29) is 0 Å². The number of hydrogen-bond acceptors (Lipinski definition) is 3. The lowest BCUT2D eigenvalue weighted by Gasteiger charge is -2.09. The lowest BCUT2D eigenvalue weighted by atomic mass is 10.2. The minimum Gasteiger partial charge on any atom is -0.484 e. The highest BCUT2D eigenvalue weighted by atomic mass is 79.9. The summed E-state index contributed by atoms with van der Waals surface area (Å²) < 4.78 is 12.2. The maximum Gasteiger partial charge on any atom is 0.146 e. The molecule has 1 aromatic carbocycles. The highest BCUT2D eigenvalue weighted by Crippen LogP contribution is 2.27. The number of furan rings is 1. The van der Waals surface area contributed by atoms with E-state index < -0.39 is 0 Å². The summed E-state index contributed by atoms with van der Waals surface area (Å²) in [6.07, 6.45) is 1.70. The van der Waals surface area contributed by atoms with E-state index >= 15 is 0 Å². The van der Waals surface area contributed by atoms with E-state index in [2.05, 4.69) is 35.1 Å². The number of ether oxygens (including phenoxy) is 1. The van der Waals surface area contributed by atoms with Crippen LogP contribution in [-0.4, -0.2) is 6.54 Å². The molecule has 0 aliphatic carbocycles. The summed E-state index contributed by atoms with van der Waals surface area (Å²) in [4.78, 5) is 0. The van der Waals surface area contributed by atoms with Crippen LogP contribution in [0.4, 0.5) is 0 Å². The van der Waals surface area contributed by atoms with Crippen LogP contribution in [0.1, 0.15) is 23.8 Å². The molecule has 0 saturated carbocycles. The minimum absolute atomic E-state index is 0.440. The molecule has 0 bridgehead atoms. The molecule has 2 aromatic rings. The maximum absolute atomic E-state index is 5.79. The molecule has 0 atom stereocenters. The summed E-state index contributed by atoms with van der Waals surface area (Å²) in [6.45, 7) is 6.32. The zero-order valence-electron chi connectivity index (χ0n) is 11.2. The van der Waals surface area contributed by atoms with Gasteiger partial charge in [-0.15, -0.1) is 0 Å². The van der Waals surface area contributed by atoms with Crippen LogP contribution in [0.15, 0.2) is 39.4 Å². The molecule has 0 amide bonds. The minimum atomic E-state index is 0.440. The van der Waals surface area contributed by atoms with Crippen LogP contribution >= 0.6 is 15.9 Å². The smallest absolute Gasteiger partial charge is 0.146 e. The predicted molar refractivity (Wildman–Crippen MR) is 79.3 cm³/mol. The number of aryl methyl sites for hydroxylation is 1. The van der Waals surface area contributed by atoms with Crippen LogP contribution in [0.5, 0.6) is 5.75 Å². The molecule has 1 aromatic heterocycles. The molecule has 0 aliphatic heterocycles. The highest BCUT2D eigenvalue weighted by molar-refractivity contribution is 9.10. The van der Waals surface area contributed by atoms with Crippen molar-refractivity contribution in [3.05, 3.63) is 51.9 Å². The monoisotopic (exact) mass is 323 g/mol. The second-order valence-corrected chi connectivity index (χ2v) is 5.23. The van der Waals surface area contributed by atoms with Gasteiger partial charge in [0.25, 0.3) is 0 Å². The Labute approximate surface area is 122 Å². The van der Waals surface area contributed by atoms with Gasteiger partial charge in [-0.3, -0.25) is 0 Å². The van der Waals surface area contributed by atoms with Gasteiger partial charge in [0.15, 0.2) is 0 Å². The van der Waals surface area contributed by atoms with Crippen molar-refractivity contribution < 1.29 is 9.15 Å². The maximum atomic E-state index is 5.79. The van der Waals surface area contributed by atoms with E-state index in [4.69, 9.17) is 9.15 Å². The van der Waals surface area contributed by atoms with E-state index in [0.717, 1.165) is 34.6 Å². The van der Waals surface area contributed by atoms with E-state index in [1.54, 1.807) is 6.26 Å². The van der Waals surface area contributed by atoms with Crippen molar-refractivity contribution in [2.24, 2.45) is 0 Å². The summed E-state index contributed by atoms with van der Waals surface area (Å²) in [6, 6.07) is 8.01. The van der Waals surface area contributed by atoms with Crippen LogP contribution in [0, 0.1) is 6.92 Å². The van der Waals surface area contributed by atoms with E-state index in [9.17, 15) is 0 Å². The first-order valence-electron chi connectivity index (χ1n) is 6.35. The van der Waals surface area contributed by atoms with Crippen LogP contribution in [0.2, 0.25) is 0 Å². The van der Waals surface area contributed by atoms with Crippen molar-refractivity contribution in [2.75, 3.05) is 6.54 Å². The Morgan fingerprint density at radius 2 is 2.16 bits per heavy atom. The number of nitrogens with one attached hydrogen (secondary N) is 1. The first kappa shape index (κ1) is 14.2. The number of rotatable bonds is 6. The van der Waals surface area contributed by atoms with Crippen molar-refractivity contribution in [3.8, 4) is 5.75 Å². The van der Waals surface area contributed by atoms with Gasteiger partial charge in [0.2, 0.25) is 0 Å². The Balaban J connectivity index is 2.00. The fourth-order valence-corrected chi connectivity index (χ4v) is 2.38. The first-order valence-corrected chi connectivity index (χ1v) is 7.15. The van der Waals surface area contributed by atoms with Crippen molar-refractivity contribution in [2.45, 2.75) is 27.0 Å². The first-order chi connectivity index (χ1) is 9.20. The molecule has 3 nitrogen and oxygen atoms in total. The Morgan fingerprint density at radius 1 is 1.32 bits per heavy atom. The number of benzene rings is 1. The molecule has 2 rings (SSSR count). The van der Waals surface area contributed by atoms with Crippen molar-refractivity contribution in [1.29, 1.82) is 0 Å². The molecule has 102 valence electrons. The fraction of sp³-hybridized carbons (Fsp3) is 0.333.